The van der Waals surface area contributed by atoms with Crippen LogP contribution < -0.4 is 16.2 Å². The lowest BCUT2D eigenvalue weighted by Crippen LogP contribution is -2.28. The van der Waals surface area contributed by atoms with Crippen molar-refractivity contribution in [3.05, 3.63) is 22.2 Å². The van der Waals surface area contributed by atoms with E-state index in [0.29, 0.717) is 0 Å². The van der Waals surface area contributed by atoms with Crippen LogP contribution in [0.2, 0.25) is 10.0 Å². The Labute approximate surface area is 114 Å². The van der Waals surface area contributed by atoms with Crippen LogP contribution in [0.1, 0.15) is 6.42 Å². The van der Waals surface area contributed by atoms with Crippen molar-refractivity contribution in [2.45, 2.75) is 11.3 Å². The normalized spacial score (nSPS) is 11.4. The molecule has 1 rings (SSSR count). The molecule has 1 aromatic carbocycles. The van der Waals surface area contributed by atoms with Gasteiger partial charge in [-0.15, -0.1) is 0 Å². The molecule has 1 amide bonds. The number of amides is 1. The number of carbonyl (C=O) groups excluding carboxylic acids is 1. The molecule has 5 N–H and O–H groups in total. The van der Waals surface area contributed by atoms with E-state index < -0.39 is 15.9 Å². The molecule has 0 radical (unpaired) electrons. The van der Waals surface area contributed by atoms with Crippen molar-refractivity contribution in [1.82, 2.24) is 4.72 Å². The van der Waals surface area contributed by atoms with Crippen LogP contribution in [0.3, 0.4) is 0 Å². The Hall–Kier alpha value is -1.02. The van der Waals surface area contributed by atoms with E-state index in [9.17, 15) is 13.2 Å². The largest absolute Gasteiger partial charge is 0.396 e. The summed E-state index contributed by atoms with van der Waals surface area (Å²) in [6, 6.07) is 2.55. The molecule has 100 valence electrons. The lowest BCUT2D eigenvalue weighted by Gasteiger charge is -2.10. The van der Waals surface area contributed by atoms with Gasteiger partial charge < -0.3 is 11.5 Å². The molecule has 0 unspecified atom stereocenters. The zero-order chi connectivity index (χ0) is 13.9. The summed E-state index contributed by atoms with van der Waals surface area (Å²) in [6.07, 6.45) is -0.111. The summed E-state index contributed by atoms with van der Waals surface area (Å²) in [5.74, 6) is -0.612. The van der Waals surface area contributed by atoms with Crippen LogP contribution in [0.15, 0.2) is 17.0 Å². The lowest BCUT2D eigenvalue weighted by molar-refractivity contribution is -0.117. The third-order valence-corrected chi connectivity index (χ3v) is 4.40. The Kier molecular flexibility index (Phi) is 4.80. The first-order valence-electron chi connectivity index (χ1n) is 4.77. The number of primary amides is 1. The smallest absolute Gasteiger partial charge is 0.242 e. The number of sulfonamides is 1. The number of nitrogens with one attached hydrogen (secondary N) is 1. The van der Waals surface area contributed by atoms with Gasteiger partial charge in [-0.2, -0.15) is 0 Å². The summed E-state index contributed by atoms with van der Waals surface area (Å²) >= 11 is 11.5. The second-order valence-electron chi connectivity index (χ2n) is 3.39. The summed E-state index contributed by atoms with van der Waals surface area (Å²) in [7, 11) is -3.85. The second kappa shape index (κ2) is 5.75. The van der Waals surface area contributed by atoms with Crippen molar-refractivity contribution in [3.8, 4) is 0 Å². The fraction of sp³-hybridized carbons (Fsp3) is 0.222. The highest BCUT2D eigenvalue weighted by molar-refractivity contribution is 7.89. The van der Waals surface area contributed by atoms with Crippen LogP contribution in [0.25, 0.3) is 0 Å². The number of benzene rings is 1. The molecule has 0 aliphatic heterocycles. The maximum Gasteiger partial charge on any atom is 0.242 e. The summed E-state index contributed by atoms with van der Waals surface area (Å²) in [4.78, 5) is 10.3. The average Bonchev–Trinajstić information content (AvgIpc) is 2.24. The first kappa shape index (κ1) is 15.0. The predicted octanol–water partition coefficient (Wildman–Crippen LogP) is 0.729. The number of nitrogens with two attached hydrogens (primary N) is 2. The van der Waals surface area contributed by atoms with E-state index in [1.54, 1.807) is 0 Å². The van der Waals surface area contributed by atoms with E-state index in [0.717, 1.165) is 0 Å². The molecular formula is C9H11Cl2N3O3S. The van der Waals surface area contributed by atoms with Crippen molar-refractivity contribution in [2.75, 3.05) is 12.3 Å². The quantitative estimate of drug-likeness (QED) is 0.695. The van der Waals surface area contributed by atoms with E-state index in [2.05, 4.69) is 4.72 Å². The van der Waals surface area contributed by atoms with Crippen molar-refractivity contribution < 1.29 is 13.2 Å². The molecule has 1 aromatic rings. The summed E-state index contributed by atoms with van der Waals surface area (Å²) in [5, 5.41) is 0.00478. The Bertz CT molecular complexity index is 575. The van der Waals surface area contributed by atoms with E-state index in [4.69, 9.17) is 34.7 Å². The maximum absolute atomic E-state index is 11.9. The average molecular weight is 312 g/mol. The van der Waals surface area contributed by atoms with Crippen molar-refractivity contribution in [1.29, 1.82) is 0 Å². The van der Waals surface area contributed by atoms with E-state index >= 15 is 0 Å². The number of rotatable bonds is 5. The van der Waals surface area contributed by atoms with Gasteiger partial charge in [-0.1, -0.05) is 23.2 Å². The molecule has 0 bridgehead atoms. The van der Waals surface area contributed by atoms with E-state index in [1.165, 1.54) is 12.1 Å². The molecule has 0 spiro atoms. The summed E-state index contributed by atoms with van der Waals surface area (Å²) in [6.45, 7) is -0.115. The van der Waals surface area contributed by atoms with Gasteiger partial charge in [0.2, 0.25) is 15.9 Å². The van der Waals surface area contributed by atoms with Gasteiger partial charge in [-0.3, -0.25) is 4.79 Å². The molecule has 0 saturated carbocycles. The molecule has 0 saturated heterocycles. The Morgan fingerprint density at radius 3 is 2.50 bits per heavy atom. The molecular weight excluding hydrogens is 301 g/mol. The van der Waals surface area contributed by atoms with Crippen molar-refractivity contribution in [2.24, 2.45) is 5.73 Å². The minimum absolute atomic E-state index is 0.0175. The lowest BCUT2D eigenvalue weighted by atomic mass is 10.3. The predicted molar refractivity (Wildman–Crippen MR) is 69.9 cm³/mol. The fourth-order valence-electron chi connectivity index (χ4n) is 1.14. The number of nitrogen functional groups attached to an aromatic ring is 1. The zero-order valence-electron chi connectivity index (χ0n) is 9.11. The third-order valence-electron chi connectivity index (χ3n) is 2.04. The van der Waals surface area contributed by atoms with Crippen LogP contribution in [-0.2, 0) is 14.8 Å². The highest BCUT2D eigenvalue weighted by Gasteiger charge is 2.20. The van der Waals surface area contributed by atoms with Gasteiger partial charge in [0.05, 0.1) is 15.7 Å². The van der Waals surface area contributed by atoms with Gasteiger partial charge >= 0.3 is 0 Å². The number of hydrogen-bond donors (Lipinski definition) is 3. The molecule has 0 aromatic heterocycles. The molecule has 0 aliphatic rings. The first-order valence-corrected chi connectivity index (χ1v) is 7.01. The van der Waals surface area contributed by atoms with Crippen molar-refractivity contribution >= 4 is 44.8 Å². The van der Waals surface area contributed by atoms with Gasteiger partial charge in [0.1, 0.15) is 4.90 Å². The minimum atomic E-state index is -3.85. The minimum Gasteiger partial charge on any atom is -0.396 e. The Balaban J connectivity index is 2.99. The van der Waals surface area contributed by atoms with Crippen LogP contribution >= 0.6 is 23.2 Å². The van der Waals surface area contributed by atoms with Gasteiger partial charge in [-0.05, 0) is 12.1 Å². The third kappa shape index (κ3) is 3.49. The molecule has 18 heavy (non-hydrogen) atoms. The van der Waals surface area contributed by atoms with Gasteiger partial charge in [0.15, 0.2) is 0 Å². The SMILES string of the molecule is NC(=O)CCNS(=O)(=O)c1ccc(Cl)c(N)c1Cl. The Morgan fingerprint density at radius 1 is 1.33 bits per heavy atom. The highest BCUT2D eigenvalue weighted by atomic mass is 35.5. The topological polar surface area (TPSA) is 115 Å². The Morgan fingerprint density at radius 2 is 1.94 bits per heavy atom. The van der Waals surface area contributed by atoms with E-state index in [1.807, 2.05) is 0 Å². The van der Waals surface area contributed by atoms with Gasteiger partial charge in [0, 0.05) is 13.0 Å². The standard InChI is InChI=1S/C9H11Cl2N3O3S/c10-5-1-2-6(8(11)9(5)13)18(16,17)14-4-3-7(12)15/h1-2,14H,3-4,13H2,(H2,12,15). The zero-order valence-corrected chi connectivity index (χ0v) is 11.4. The monoisotopic (exact) mass is 311 g/mol. The number of carbonyl (C=O) groups is 1. The van der Waals surface area contributed by atoms with Crippen LogP contribution in [0.5, 0.6) is 0 Å². The molecule has 0 heterocycles. The van der Waals surface area contributed by atoms with Gasteiger partial charge in [-0.25, -0.2) is 13.1 Å². The number of halogens is 2. The molecule has 0 atom stereocenters. The van der Waals surface area contributed by atoms with Crippen LogP contribution in [0.4, 0.5) is 5.69 Å². The molecule has 0 fully saturated rings. The second-order valence-corrected chi connectivity index (χ2v) is 5.91. The van der Waals surface area contributed by atoms with Crippen LogP contribution in [-0.4, -0.2) is 20.9 Å². The van der Waals surface area contributed by atoms with Gasteiger partial charge in [0.25, 0.3) is 0 Å². The van der Waals surface area contributed by atoms with Crippen molar-refractivity contribution in [3.63, 3.8) is 0 Å². The van der Waals surface area contributed by atoms with E-state index in [-0.39, 0.29) is 33.6 Å². The maximum atomic E-state index is 11.9. The molecule has 0 aliphatic carbocycles. The number of hydrogen-bond acceptors (Lipinski definition) is 4. The molecule has 9 heteroatoms. The molecule has 6 nitrogen and oxygen atoms in total. The highest BCUT2D eigenvalue weighted by Crippen LogP contribution is 2.32. The fourth-order valence-corrected chi connectivity index (χ4v) is 2.94. The summed E-state index contributed by atoms with van der Waals surface area (Å²) in [5.41, 5.74) is 10.4. The van der Waals surface area contributed by atoms with Crippen LogP contribution in [0, 0.1) is 0 Å². The number of anilines is 1. The summed E-state index contributed by atoms with van der Waals surface area (Å²) < 4.78 is 25.9. The first-order chi connectivity index (χ1) is 8.25.